The van der Waals surface area contributed by atoms with E-state index in [1.54, 1.807) is 45.7 Å². The molecular weight excluding hydrogens is 438 g/mol. The molecule has 170 valence electrons. The molecule has 4 aromatic rings. The Morgan fingerprint density at radius 1 is 1.21 bits per heavy atom. The zero-order valence-corrected chi connectivity index (χ0v) is 18.4. The lowest BCUT2D eigenvalue weighted by Crippen LogP contribution is -2.37. The van der Waals surface area contributed by atoms with E-state index in [9.17, 15) is 18.8 Å². The van der Waals surface area contributed by atoms with Crippen LogP contribution in [0.15, 0.2) is 55.0 Å². The van der Waals surface area contributed by atoms with Crippen molar-refractivity contribution in [1.29, 1.82) is 5.26 Å². The molecule has 2 aromatic heterocycles. The normalized spacial score (nSPS) is 12.9. The summed E-state index contributed by atoms with van der Waals surface area (Å²) in [5.74, 6) is -1.41. The van der Waals surface area contributed by atoms with Gasteiger partial charge in [0, 0.05) is 48.5 Å². The molecule has 5 rings (SSSR count). The topological polar surface area (TPSA) is 79.7 Å². The van der Waals surface area contributed by atoms with Crippen LogP contribution in [0.4, 0.5) is 8.78 Å². The molecule has 1 amide bonds. The number of imidazole rings is 1. The summed E-state index contributed by atoms with van der Waals surface area (Å²) in [4.78, 5) is 18.9. The minimum Gasteiger partial charge on any atom is -0.332 e. The van der Waals surface area contributed by atoms with Gasteiger partial charge in [0.2, 0.25) is 0 Å². The van der Waals surface area contributed by atoms with Crippen LogP contribution in [0.5, 0.6) is 0 Å². The summed E-state index contributed by atoms with van der Waals surface area (Å²) in [5, 5.41) is 14.1. The molecule has 0 aliphatic carbocycles. The number of amides is 1. The Kier molecular flexibility index (Phi) is 5.42. The Labute approximate surface area is 194 Å². The number of carbonyl (C=O) groups is 1. The Hall–Kier alpha value is -4.32. The van der Waals surface area contributed by atoms with Gasteiger partial charge in [-0.05, 0) is 18.2 Å². The summed E-state index contributed by atoms with van der Waals surface area (Å²) < 4.78 is 31.2. The summed E-state index contributed by atoms with van der Waals surface area (Å²) in [6, 6.07) is 12.7. The molecule has 0 fully saturated rings. The van der Waals surface area contributed by atoms with E-state index in [1.807, 2.05) is 6.07 Å². The average Bonchev–Trinajstić information content (AvgIpc) is 3.43. The van der Waals surface area contributed by atoms with E-state index < -0.39 is 11.6 Å². The maximum atomic E-state index is 14.4. The number of nitrogens with zero attached hydrogens (tertiary/aromatic N) is 6. The van der Waals surface area contributed by atoms with Crippen molar-refractivity contribution in [3.8, 4) is 17.3 Å². The summed E-state index contributed by atoms with van der Waals surface area (Å²) in [7, 11) is 1.77. The Bertz CT molecular complexity index is 1450. The highest BCUT2D eigenvalue weighted by Gasteiger charge is 2.30. The quantitative estimate of drug-likeness (QED) is 0.467. The number of hydrogen-bond acceptors (Lipinski definition) is 4. The van der Waals surface area contributed by atoms with Gasteiger partial charge in [-0.2, -0.15) is 10.4 Å². The third-order valence-corrected chi connectivity index (χ3v) is 6.06. The van der Waals surface area contributed by atoms with Gasteiger partial charge in [-0.1, -0.05) is 18.2 Å². The van der Waals surface area contributed by atoms with Gasteiger partial charge in [-0.25, -0.2) is 13.8 Å². The first-order valence-electron chi connectivity index (χ1n) is 10.7. The van der Waals surface area contributed by atoms with Gasteiger partial charge >= 0.3 is 0 Å². The van der Waals surface area contributed by atoms with Crippen LogP contribution in [0.1, 0.15) is 32.9 Å². The largest absolute Gasteiger partial charge is 0.332 e. The van der Waals surface area contributed by atoms with Crippen LogP contribution in [0.2, 0.25) is 0 Å². The molecule has 0 unspecified atom stereocenters. The molecule has 0 atom stereocenters. The Morgan fingerprint density at radius 2 is 2.06 bits per heavy atom. The fraction of sp³-hybridized carbons (Fsp3) is 0.200. The third-order valence-electron chi connectivity index (χ3n) is 6.06. The van der Waals surface area contributed by atoms with Crippen molar-refractivity contribution in [2.45, 2.75) is 19.5 Å². The van der Waals surface area contributed by atoms with Gasteiger partial charge in [0.15, 0.2) is 0 Å². The molecule has 0 bridgehead atoms. The minimum absolute atomic E-state index is 0.127. The summed E-state index contributed by atoms with van der Waals surface area (Å²) in [5.41, 5.74) is 4.40. The monoisotopic (exact) mass is 458 g/mol. The Morgan fingerprint density at radius 3 is 2.79 bits per heavy atom. The van der Waals surface area contributed by atoms with Crippen molar-refractivity contribution in [3.63, 3.8) is 0 Å². The number of nitriles is 1. The molecule has 0 N–H and O–H groups in total. The van der Waals surface area contributed by atoms with Crippen LogP contribution in [0, 0.1) is 23.0 Å². The molecule has 9 heteroatoms. The lowest BCUT2D eigenvalue weighted by Gasteiger charge is -2.28. The van der Waals surface area contributed by atoms with Gasteiger partial charge in [0.25, 0.3) is 5.91 Å². The molecule has 0 spiro atoms. The fourth-order valence-corrected chi connectivity index (χ4v) is 4.30. The predicted octanol–water partition coefficient (Wildman–Crippen LogP) is 3.68. The number of fused-ring (bicyclic) bond motifs is 1. The van der Waals surface area contributed by atoms with Crippen molar-refractivity contribution in [1.82, 2.24) is 24.2 Å². The first-order valence-corrected chi connectivity index (χ1v) is 10.7. The standard InChI is InChI=1S/C25H20F2N6O/c1-31-15-29-12-23(31)25(34)32-8-7-22-20(14-32)24(17-4-2-3-16(9-17)11-28)30-33(22)13-18-5-6-19(26)10-21(18)27/h2-6,9-10,12,15H,7-8,13-14H2,1H3. The first kappa shape index (κ1) is 21.5. The van der Waals surface area contributed by atoms with Gasteiger partial charge in [0.1, 0.15) is 17.3 Å². The maximum Gasteiger partial charge on any atom is 0.272 e. The van der Waals surface area contributed by atoms with E-state index in [1.165, 1.54) is 18.3 Å². The van der Waals surface area contributed by atoms with E-state index in [0.29, 0.717) is 42.0 Å². The molecule has 7 nitrogen and oxygen atoms in total. The van der Waals surface area contributed by atoms with E-state index in [4.69, 9.17) is 5.10 Å². The first-order chi connectivity index (χ1) is 16.4. The van der Waals surface area contributed by atoms with Gasteiger partial charge < -0.3 is 9.47 Å². The van der Waals surface area contributed by atoms with Crippen molar-refractivity contribution < 1.29 is 13.6 Å². The molecule has 1 aliphatic heterocycles. The van der Waals surface area contributed by atoms with Crippen LogP contribution in [0.25, 0.3) is 11.3 Å². The third kappa shape index (κ3) is 3.83. The van der Waals surface area contributed by atoms with E-state index in [-0.39, 0.29) is 12.5 Å². The molecule has 0 saturated carbocycles. The van der Waals surface area contributed by atoms with E-state index in [2.05, 4.69) is 11.1 Å². The van der Waals surface area contributed by atoms with Gasteiger partial charge in [-0.3, -0.25) is 9.48 Å². The average molecular weight is 458 g/mol. The van der Waals surface area contributed by atoms with Gasteiger partial charge in [-0.15, -0.1) is 0 Å². The second-order valence-electron chi connectivity index (χ2n) is 8.23. The van der Waals surface area contributed by atoms with Gasteiger partial charge in [0.05, 0.1) is 42.9 Å². The van der Waals surface area contributed by atoms with Crippen molar-refractivity contribution in [2.24, 2.45) is 7.05 Å². The number of halogens is 2. The van der Waals surface area contributed by atoms with Crippen molar-refractivity contribution in [2.75, 3.05) is 6.54 Å². The summed E-state index contributed by atoms with van der Waals surface area (Å²) in [6.45, 7) is 0.908. The van der Waals surface area contributed by atoms with Crippen LogP contribution >= 0.6 is 0 Å². The fourth-order valence-electron chi connectivity index (χ4n) is 4.30. The number of benzene rings is 2. The van der Waals surface area contributed by atoms with Crippen LogP contribution in [-0.2, 0) is 26.6 Å². The zero-order valence-electron chi connectivity index (χ0n) is 18.4. The molecule has 0 radical (unpaired) electrons. The van der Waals surface area contributed by atoms with Crippen LogP contribution < -0.4 is 0 Å². The number of aromatic nitrogens is 4. The molecule has 34 heavy (non-hydrogen) atoms. The number of hydrogen-bond donors (Lipinski definition) is 0. The highest BCUT2D eigenvalue weighted by molar-refractivity contribution is 5.92. The zero-order chi connectivity index (χ0) is 23.8. The highest BCUT2D eigenvalue weighted by atomic mass is 19.1. The smallest absolute Gasteiger partial charge is 0.272 e. The lowest BCUT2D eigenvalue weighted by atomic mass is 9.99. The minimum atomic E-state index is -0.638. The molecule has 3 heterocycles. The number of aryl methyl sites for hydroxylation is 1. The lowest BCUT2D eigenvalue weighted by molar-refractivity contribution is 0.0724. The summed E-state index contributed by atoms with van der Waals surface area (Å²) in [6.07, 6.45) is 3.64. The molecular formula is C25H20F2N6O. The second-order valence-corrected chi connectivity index (χ2v) is 8.23. The maximum absolute atomic E-state index is 14.4. The highest BCUT2D eigenvalue weighted by Crippen LogP contribution is 2.32. The van der Waals surface area contributed by atoms with Crippen molar-refractivity contribution >= 4 is 5.91 Å². The SMILES string of the molecule is Cn1cncc1C(=O)N1CCc2c(c(-c3cccc(C#N)c3)nn2Cc2ccc(F)cc2F)C1. The summed E-state index contributed by atoms with van der Waals surface area (Å²) >= 11 is 0. The van der Waals surface area contributed by atoms with E-state index >= 15 is 0 Å². The Balaban J connectivity index is 1.57. The molecule has 1 aliphatic rings. The second kappa shape index (κ2) is 8.56. The number of rotatable bonds is 4. The predicted molar refractivity (Wildman–Crippen MR) is 119 cm³/mol. The van der Waals surface area contributed by atoms with E-state index in [0.717, 1.165) is 22.9 Å². The van der Waals surface area contributed by atoms with Crippen LogP contribution in [-0.4, -0.2) is 36.7 Å². The molecule has 2 aromatic carbocycles. The van der Waals surface area contributed by atoms with Crippen molar-refractivity contribution in [3.05, 3.63) is 94.7 Å². The van der Waals surface area contributed by atoms with Crippen LogP contribution in [0.3, 0.4) is 0 Å². The number of carbonyl (C=O) groups excluding carboxylic acids is 1. The molecule has 0 saturated heterocycles.